The highest BCUT2D eigenvalue weighted by atomic mass is 16.6. The molecule has 0 unspecified atom stereocenters. The Morgan fingerprint density at radius 2 is 2.24 bits per heavy atom. The van der Waals surface area contributed by atoms with Crippen molar-refractivity contribution in [1.29, 1.82) is 5.26 Å². The van der Waals surface area contributed by atoms with Gasteiger partial charge >= 0.3 is 5.97 Å². The first-order valence-corrected chi connectivity index (χ1v) is 5.17. The Bertz CT molecular complexity index is 472. The van der Waals surface area contributed by atoms with E-state index in [-0.39, 0.29) is 0 Å². The normalized spacial score (nSPS) is 9.94. The maximum absolute atomic E-state index is 11.4. The molecule has 0 bridgehead atoms. The van der Waals surface area contributed by atoms with Gasteiger partial charge < -0.3 is 9.47 Å². The summed E-state index contributed by atoms with van der Waals surface area (Å²) >= 11 is 0. The number of nitrogens with zero attached hydrogens (tertiary/aromatic N) is 1. The van der Waals surface area contributed by atoms with Crippen molar-refractivity contribution >= 4 is 5.97 Å². The quantitative estimate of drug-likeness (QED) is 0.453. The number of methoxy groups -OCH3 is 1. The fraction of sp³-hybridized carbons (Fsp3) is 0.231. The molecule has 0 saturated carbocycles. The van der Waals surface area contributed by atoms with Gasteiger partial charge in [-0.25, -0.2) is 4.79 Å². The van der Waals surface area contributed by atoms with Crippen LogP contribution in [0.3, 0.4) is 0 Å². The monoisotopic (exact) mass is 231 g/mol. The lowest BCUT2D eigenvalue weighted by atomic mass is 10.2. The van der Waals surface area contributed by atoms with Crippen LogP contribution in [-0.4, -0.2) is 13.1 Å². The highest BCUT2D eigenvalue weighted by Crippen LogP contribution is 2.27. The van der Waals surface area contributed by atoms with Gasteiger partial charge in [0.25, 0.3) is 0 Å². The molecule has 0 radical (unpaired) electrons. The fourth-order valence-corrected chi connectivity index (χ4v) is 1.18. The van der Waals surface area contributed by atoms with E-state index in [1.165, 1.54) is 25.3 Å². The molecule has 0 aliphatic carbocycles. The van der Waals surface area contributed by atoms with Crippen molar-refractivity contribution in [3.05, 3.63) is 35.9 Å². The third-order valence-electron chi connectivity index (χ3n) is 1.99. The van der Waals surface area contributed by atoms with E-state index in [1.807, 2.05) is 13.0 Å². The molecule has 0 aliphatic heterocycles. The van der Waals surface area contributed by atoms with E-state index in [4.69, 9.17) is 14.7 Å². The van der Waals surface area contributed by atoms with Crippen molar-refractivity contribution < 1.29 is 14.3 Å². The summed E-state index contributed by atoms with van der Waals surface area (Å²) in [5.74, 6) is 0.203. The zero-order chi connectivity index (χ0) is 12.7. The molecule has 1 aromatic carbocycles. The zero-order valence-corrected chi connectivity index (χ0v) is 9.77. The van der Waals surface area contributed by atoms with Gasteiger partial charge in [0.1, 0.15) is 0 Å². The molecule has 0 N–H and O–H groups in total. The molecule has 1 aromatic rings. The molecule has 17 heavy (non-hydrogen) atoms. The molecule has 0 aliphatic rings. The largest absolute Gasteiger partial charge is 0.493 e. The fourth-order valence-electron chi connectivity index (χ4n) is 1.18. The van der Waals surface area contributed by atoms with Gasteiger partial charge in [0.05, 0.1) is 18.7 Å². The standard InChI is InChI=1S/C13H13NO3/c1-3-4-5-13(15)17-11-7-6-10(9-14)8-12(11)16-2/h4-8H,3H2,1-2H3. The summed E-state index contributed by atoms with van der Waals surface area (Å²) in [5, 5.41) is 8.72. The minimum absolute atomic E-state index is 0.303. The van der Waals surface area contributed by atoms with Crippen LogP contribution in [0.2, 0.25) is 0 Å². The average Bonchev–Trinajstić information content (AvgIpc) is 2.36. The molecule has 0 fully saturated rings. The van der Waals surface area contributed by atoms with Crippen LogP contribution in [0.4, 0.5) is 0 Å². The lowest BCUT2D eigenvalue weighted by Gasteiger charge is -2.07. The summed E-state index contributed by atoms with van der Waals surface area (Å²) in [6, 6.07) is 6.60. The third kappa shape index (κ3) is 3.65. The van der Waals surface area contributed by atoms with Gasteiger partial charge in [0.15, 0.2) is 11.5 Å². The van der Waals surface area contributed by atoms with Crippen LogP contribution in [0.15, 0.2) is 30.4 Å². The van der Waals surface area contributed by atoms with Crippen LogP contribution in [0.25, 0.3) is 0 Å². The number of nitriles is 1. The number of esters is 1. The Labute approximate surface area is 100 Å². The van der Waals surface area contributed by atoms with Gasteiger partial charge in [-0.1, -0.05) is 13.0 Å². The molecular weight excluding hydrogens is 218 g/mol. The van der Waals surface area contributed by atoms with E-state index in [0.29, 0.717) is 17.1 Å². The van der Waals surface area contributed by atoms with Crippen LogP contribution in [-0.2, 0) is 4.79 Å². The first-order chi connectivity index (χ1) is 8.21. The summed E-state index contributed by atoms with van der Waals surface area (Å²) < 4.78 is 10.1. The Kier molecular flexibility index (Phi) is 4.77. The van der Waals surface area contributed by atoms with Crippen LogP contribution in [0.1, 0.15) is 18.9 Å². The second kappa shape index (κ2) is 6.33. The highest BCUT2D eigenvalue weighted by molar-refractivity contribution is 5.84. The van der Waals surface area contributed by atoms with Crippen molar-refractivity contribution in [2.24, 2.45) is 0 Å². The van der Waals surface area contributed by atoms with Crippen molar-refractivity contribution in [3.8, 4) is 17.6 Å². The minimum Gasteiger partial charge on any atom is -0.493 e. The molecule has 4 nitrogen and oxygen atoms in total. The summed E-state index contributed by atoms with van der Waals surface area (Å²) in [5.41, 5.74) is 0.450. The summed E-state index contributed by atoms with van der Waals surface area (Å²) in [6.07, 6.45) is 3.83. The van der Waals surface area contributed by atoms with Crippen molar-refractivity contribution in [1.82, 2.24) is 0 Å². The molecular formula is C13H13NO3. The van der Waals surface area contributed by atoms with Crippen LogP contribution in [0, 0.1) is 11.3 Å². The predicted molar refractivity (Wildman–Crippen MR) is 62.8 cm³/mol. The highest BCUT2D eigenvalue weighted by Gasteiger charge is 2.08. The molecule has 0 atom stereocenters. The number of benzene rings is 1. The van der Waals surface area contributed by atoms with Crippen molar-refractivity contribution in [2.75, 3.05) is 7.11 Å². The molecule has 4 heteroatoms. The lowest BCUT2D eigenvalue weighted by Crippen LogP contribution is -2.05. The van der Waals surface area contributed by atoms with E-state index in [1.54, 1.807) is 12.1 Å². The van der Waals surface area contributed by atoms with Crippen LogP contribution in [0.5, 0.6) is 11.5 Å². The number of rotatable bonds is 4. The predicted octanol–water partition coefficient (Wildman–Crippen LogP) is 2.44. The van der Waals surface area contributed by atoms with Gasteiger partial charge in [-0.2, -0.15) is 5.26 Å². The second-order valence-electron chi connectivity index (χ2n) is 3.21. The van der Waals surface area contributed by atoms with Crippen LogP contribution < -0.4 is 9.47 Å². The third-order valence-corrected chi connectivity index (χ3v) is 1.99. The van der Waals surface area contributed by atoms with Crippen molar-refractivity contribution in [2.45, 2.75) is 13.3 Å². The molecule has 1 rings (SSSR count). The number of hydrogen-bond donors (Lipinski definition) is 0. The van der Waals surface area contributed by atoms with E-state index < -0.39 is 5.97 Å². The van der Waals surface area contributed by atoms with E-state index in [2.05, 4.69) is 0 Å². The molecule has 0 heterocycles. The molecule has 0 aromatic heterocycles. The number of carbonyl (C=O) groups excluding carboxylic acids is 1. The second-order valence-corrected chi connectivity index (χ2v) is 3.21. The first-order valence-electron chi connectivity index (χ1n) is 5.17. The number of allylic oxidation sites excluding steroid dienone is 1. The average molecular weight is 231 g/mol. The Balaban J connectivity index is 2.88. The first kappa shape index (κ1) is 12.8. The molecule has 88 valence electrons. The number of carbonyl (C=O) groups is 1. The van der Waals surface area contributed by atoms with Crippen molar-refractivity contribution in [3.63, 3.8) is 0 Å². The summed E-state index contributed by atoms with van der Waals surface area (Å²) in [7, 11) is 1.45. The topological polar surface area (TPSA) is 59.3 Å². The Morgan fingerprint density at radius 1 is 1.47 bits per heavy atom. The number of ether oxygens (including phenoxy) is 2. The van der Waals surface area contributed by atoms with E-state index in [0.717, 1.165) is 6.42 Å². The SMILES string of the molecule is CCC=CC(=O)Oc1ccc(C#N)cc1OC. The Morgan fingerprint density at radius 3 is 2.82 bits per heavy atom. The van der Waals surface area contributed by atoms with Gasteiger partial charge in [0, 0.05) is 12.1 Å². The van der Waals surface area contributed by atoms with Gasteiger partial charge in [-0.05, 0) is 18.6 Å². The van der Waals surface area contributed by atoms with Crippen LogP contribution >= 0.6 is 0 Å². The molecule has 0 spiro atoms. The van der Waals surface area contributed by atoms with Gasteiger partial charge in [-0.3, -0.25) is 0 Å². The summed E-state index contributed by atoms with van der Waals surface area (Å²) in [4.78, 5) is 11.4. The van der Waals surface area contributed by atoms with Gasteiger partial charge in [-0.15, -0.1) is 0 Å². The van der Waals surface area contributed by atoms with E-state index >= 15 is 0 Å². The molecule has 0 amide bonds. The summed E-state index contributed by atoms with van der Waals surface area (Å²) in [6.45, 7) is 1.92. The lowest BCUT2D eigenvalue weighted by molar-refractivity contribution is -0.129. The van der Waals surface area contributed by atoms with E-state index in [9.17, 15) is 4.79 Å². The maximum atomic E-state index is 11.4. The Hall–Kier alpha value is -2.28. The maximum Gasteiger partial charge on any atom is 0.335 e. The minimum atomic E-state index is -0.463. The number of hydrogen-bond acceptors (Lipinski definition) is 4. The van der Waals surface area contributed by atoms with Gasteiger partial charge in [0.2, 0.25) is 0 Å². The molecule has 0 saturated heterocycles. The smallest absolute Gasteiger partial charge is 0.335 e. The zero-order valence-electron chi connectivity index (χ0n) is 9.77.